The lowest BCUT2D eigenvalue weighted by atomic mass is 9.69. The van der Waals surface area contributed by atoms with Crippen molar-refractivity contribution in [2.75, 3.05) is 7.05 Å². The van der Waals surface area contributed by atoms with Gasteiger partial charge in [0.1, 0.15) is 0 Å². The van der Waals surface area contributed by atoms with E-state index in [2.05, 4.69) is 57.2 Å². The van der Waals surface area contributed by atoms with Crippen LogP contribution in [-0.4, -0.2) is 45.7 Å². The molecule has 0 aromatic heterocycles. The van der Waals surface area contributed by atoms with E-state index in [1.165, 1.54) is 16.7 Å². The Balaban J connectivity index is 1.88. The third kappa shape index (κ3) is 6.37. The summed E-state index contributed by atoms with van der Waals surface area (Å²) < 4.78 is 0. The van der Waals surface area contributed by atoms with Crippen molar-refractivity contribution in [2.24, 2.45) is 0 Å². The van der Waals surface area contributed by atoms with E-state index >= 15 is 0 Å². The Morgan fingerprint density at radius 2 is 1.61 bits per heavy atom. The highest BCUT2D eigenvalue weighted by Crippen LogP contribution is 2.40. The SMILES string of the molecule is CCC(CC)(c1ccc(/C=C/C2(O)CCCC2)c(C)c1)c1ccc(C(=O)N(C)C(C)CCC(=O)O)c(C)c1. The van der Waals surface area contributed by atoms with Gasteiger partial charge in [0.15, 0.2) is 0 Å². The highest BCUT2D eigenvalue weighted by molar-refractivity contribution is 5.95. The van der Waals surface area contributed by atoms with E-state index < -0.39 is 11.6 Å². The molecular weight excluding hydrogens is 474 g/mol. The molecule has 0 bridgehead atoms. The predicted octanol–water partition coefficient (Wildman–Crippen LogP) is 7.05. The topological polar surface area (TPSA) is 77.8 Å². The van der Waals surface area contributed by atoms with E-state index in [9.17, 15) is 14.7 Å². The standard InChI is InChI=1S/C33H45NO4/c1-7-33(8-2,27-13-12-26(23(3)21-27)17-20-32(38)18-9-10-19-32)28-14-15-29(24(4)22-28)31(37)34(6)25(5)11-16-30(35)36/h12-15,17,20-22,25,38H,7-11,16,18-19H2,1-6H3,(H,35,36)/b20-17+. The Morgan fingerprint density at radius 3 is 2.13 bits per heavy atom. The Kier molecular flexibility index (Phi) is 9.59. The van der Waals surface area contributed by atoms with Crippen LogP contribution in [0.25, 0.3) is 6.08 Å². The van der Waals surface area contributed by atoms with Gasteiger partial charge in [-0.15, -0.1) is 0 Å². The number of carboxylic acids is 1. The zero-order chi connectivity index (χ0) is 28.1. The number of amides is 1. The first-order valence-corrected chi connectivity index (χ1v) is 14.1. The Bertz CT molecular complexity index is 1170. The van der Waals surface area contributed by atoms with Crippen LogP contribution in [0.5, 0.6) is 0 Å². The van der Waals surface area contributed by atoms with E-state index in [-0.39, 0.29) is 23.8 Å². The predicted molar refractivity (Wildman–Crippen MR) is 155 cm³/mol. The fourth-order valence-electron chi connectivity index (χ4n) is 5.91. The van der Waals surface area contributed by atoms with Crippen LogP contribution in [-0.2, 0) is 10.2 Å². The second-order valence-electron chi connectivity index (χ2n) is 11.2. The third-order valence-corrected chi connectivity index (χ3v) is 8.84. The van der Waals surface area contributed by atoms with Crippen molar-refractivity contribution in [3.63, 3.8) is 0 Å². The average molecular weight is 520 g/mol. The van der Waals surface area contributed by atoms with E-state index in [1.54, 1.807) is 11.9 Å². The van der Waals surface area contributed by atoms with Gasteiger partial charge in [-0.05, 0) is 86.8 Å². The van der Waals surface area contributed by atoms with Crippen molar-refractivity contribution < 1.29 is 19.8 Å². The Labute approximate surface area is 228 Å². The van der Waals surface area contributed by atoms with Crippen molar-refractivity contribution in [2.45, 2.75) is 103 Å². The normalized spacial score (nSPS) is 16.1. The lowest BCUT2D eigenvalue weighted by Gasteiger charge is -2.34. The number of hydrogen-bond acceptors (Lipinski definition) is 3. The number of hydrogen-bond donors (Lipinski definition) is 2. The van der Waals surface area contributed by atoms with Gasteiger partial charge in [0.25, 0.3) is 5.91 Å². The third-order valence-electron chi connectivity index (χ3n) is 8.84. The van der Waals surface area contributed by atoms with Crippen molar-refractivity contribution in [1.29, 1.82) is 0 Å². The van der Waals surface area contributed by atoms with Crippen LogP contribution in [0.3, 0.4) is 0 Å². The highest BCUT2D eigenvalue weighted by atomic mass is 16.4. The van der Waals surface area contributed by atoms with E-state index in [1.807, 2.05) is 26.0 Å². The number of aliphatic carboxylic acids is 1. The average Bonchev–Trinajstić information content (AvgIpc) is 3.33. The van der Waals surface area contributed by atoms with Crippen LogP contribution in [0.2, 0.25) is 0 Å². The number of benzene rings is 2. The van der Waals surface area contributed by atoms with Crippen molar-refractivity contribution in [3.8, 4) is 0 Å². The number of rotatable bonds is 11. The second kappa shape index (κ2) is 12.3. The molecule has 0 radical (unpaired) electrons. The number of carboxylic acid groups (broad SMARTS) is 1. The lowest BCUT2D eigenvalue weighted by Crippen LogP contribution is -2.36. The molecule has 2 aromatic rings. The summed E-state index contributed by atoms with van der Waals surface area (Å²) in [6.07, 6.45) is 10.2. The summed E-state index contributed by atoms with van der Waals surface area (Å²) in [5.74, 6) is -0.930. The molecule has 0 aliphatic heterocycles. The number of aryl methyl sites for hydroxylation is 2. The summed E-state index contributed by atoms with van der Waals surface area (Å²) >= 11 is 0. The molecule has 5 nitrogen and oxygen atoms in total. The maximum atomic E-state index is 13.2. The summed E-state index contributed by atoms with van der Waals surface area (Å²) in [6, 6.07) is 12.7. The molecule has 0 saturated heterocycles. The largest absolute Gasteiger partial charge is 0.481 e. The molecule has 38 heavy (non-hydrogen) atoms. The molecule has 206 valence electrons. The van der Waals surface area contributed by atoms with E-state index in [4.69, 9.17) is 5.11 Å². The number of nitrogens with zero attached hydrogens (tertiary/aromatic N) is 1. The Hall–Kier alpha value is -2.92. The maximum Gasteiger partial charge on any atom is 0.303 e. The van der Waals surface area contributed by atoms with Crippen LogP contribution in [0, 0.1) is 13.8 Å². The molecule has 1 unspecified atom stereocenters. The van der Waals surface area contributed by atoms with Crippen LogP contribution in [0.4, 0.5) is 0 Å². The monoisotopic (exact) mass is 519 g/mol. The van der Waals surface area contributed by atoms with Crippen molar-refractivity contribution in [1.82, 2.24) is 4.90 Å². The van der Waals surface area contributed by atoms with Crippen LogP contribution in [0.1, 0.15) is 110 Å². The summed E-state index contributed by atoms with van der Waals surface area (Å²) in [6.45, 7) is 10.4. The van der Waals surface area contributed by atoms with Crippen molar-refractivity contribution in [3.05, 3.63) is 75.9 Å². The Morgan fingerprint density at radius 1 is 1.03 bits per heavy atom. The van der Waals surface area contributed by atoms with Gasteiger partial charge in [-0.2, -0.15) is 0 Å². The van der Waals surface area contributed by atoms with Gasteiger partial charge in [-0.25, -0.2) is 0 Å². The van der Waals surface area contributed by atoms with Crippen molar-refractivity contribution >= 4 is 18.0 Å². The molecule has 0 heterocycles. The van der Waals surface area contributed by atoms with Crippen LogP contribution in [0.15, 0.2) is 42.5 Å². The second-order valence-corrected chi connectivity index (χ2v) is 11.2. The molecule has 1 atom stereocenters. The molecular formula is C33H45NO4. The van der Waals surface area contributed by atoms with Gasteiger partial charge in [0, 0.05) is 30.5 Å². The lowest BCUT2D eigenvalue weighted by molar-refractivity contribution is -0.137. The van der Waals surface area contributed by atoms with Crippen LogP contribution < -0.4 is 0 Å². The smallest absolute Gasteiger partial charge is 0.303 e. The zero-order valence-corrected chi connectivity index (χ0v) is 24.0. The quantitative estimate of drug-likeness (QED) is 0.333. The molecule has 1 fully saturated rings. The summed E-state index contributed by atoms with van der Waals surface area (Å²) in [7, 11) is 1.74. The summed E-state index contributed by atoms with van der Waals surface area (Å²) in [4.78, 5) is 25.8. The van der Waals surface area contributed by atoms with E-state index in [0.717, 1.165) is 49.7 Å². The molecule has 1 aliphatic carbocycles. The minimum atomic E-state index is -0.848. The van der Waals surface area contributed by atoms with Gasteiger partial charge in [-0.3, -0.25) is 9.59 Å². The molecule has 1 saturated carbocycles. The molecule has 1 aliphatic rings. The van der Waals surface area contributed by atoms with E-state index in [0.29, 0.717) is 12.0 Å². The van der Waals surface area contributed by atoms with Gasteiger partial charge in [-0.1, -0.05) is 69.2 Å². The molecule has 0 spiro atoms. The molecule has 2 aromatic carbocycles. The fraction of sp³-hybridized carbons (Fsp3) is 0.515. The minimum Gasteiger partial charge on any atom is -0.481 e. The number of carbonyl (C=O) groups excluding carboxylic acids is 1. The minimum absolute atomic E-state index is 0.0428. The first-order valence-electron chi connectivity index (χ1n) is 14.1. The number of carbonyl (C=O) groups is 2. The molecule has 5 heteroatoms. The van der Waals surface area contributed by atoms with Gasteiger partial charge in [0.05, 0.1) is 5.60 Å². The van der Waals surface area contributed by atoms with Gasteiger partial charge < -0.3 is 15.1 Å². The van der Waals surface area contributed by atoms with Gasteiger partial charge in [0.2, 0.25) is 0 Å². The summed E-state index contributed by atoms with van der Waals surface area (Å²) in [5, 5.41) is 19.7. The summed E-state index contributed by atoms with van der Waals surface area (Å²) in [5.41, 5.74) is 5.51. The first-order chi connectivity index (χ1) is 18.0. The molecule has 1 amide bonds. The molecule has 3 rings (SSSR count). The zero-order valence-electron chi connectivity index (χ0n) is 24.0. The highest BCUT2D eigenvalue weighted by Gasteiger charge is 2.32. The number of aliphatic hydroxyl groups is 1. The fourth-order valence-corrected chi connectivity index (χ4v) is 5.91. The first kappa shape index (κ1) is 29.6. The van der Waals surface area contributed by atoms with Crippen LogP contribution >= 0.6 is 0 Å². The van der Waals surface area contributed by atoms with Gasteiger partial charge >= 0.3 is 5.97 Å². The molecule has 2 N–H and O–H groups in total. The maximum absolute atomic E-state index is 13.2.